The second-order valence-electron chi connectivity index (χ2n) is 1.38. The molecule has 0 spiro atoms. The first-order chi connectivity index (χ1) is 3.91. The number of nitrogens with one attached hydrogen (secondary N) is 1. The van der Waals surface area contributed by atoms with Crippen molar-refractivity contribution in [3.63, 3.8) is 0 Å². The second kappa shape index (κ2) is 9.56. The van der Waals surface area contributed by atoms with Crippen LogP contribution < -0.4 is 5.32 Å². The van der Waals surface area contributed by atoms with Gasteiger partial charge in [0.15, 0.2) is 0 Å². The molecule has 48 valence electrons. The van der Waals surface area contributed by atoms with Crippen LogP contribution in [0.4, 0.5) is 0 Å². The SMILES string of the molecule is C=CCC=CNC[CH2-].[Rf]. The first kappa shape index (κ1) is 10.3. The van der Waals surface area contributed by atoms with Gasteiger partial charge in [-0.1, -0.05) is 12.2 Å². The Hall–Kier alpha value is -1.72. The van der Waals surface area contributed by atoms with Crippen molar-refractivity contribution in [1.82, 2.24) is 5.32 Å². The molecule has 0 fully saturated rings. The maximum absolute atomic E-state index is 3.60. The molecule has 0 aromatic heterocycles. The van der Waals surface area contributed by atoms with Gasteiger partial charge < -0.3 is 12.2 Å². The number of rotatable bonds is 4. The van der Waals surface area contributed by atoms with Crippen LogP contribution in [0.1, 0.15) is 6.42 Å². The van der Waals surface area contributed by atoms with Crippen molar-refractivity contribution in [2.75, 3.05) is 6.54 Å². The van der Waals surface area contributed by atoms with Crippen LogP contribution in [0.5, 0.6) is 0 Å². The Labute approximate surface area is 51.1 Å². The molecule has 0 rings (SSSR count). The summed E-state index contributed by atoms with van der Waals surface area (Å²) >= 11 is 0. The Morgan fingerprint density at radius 2 is 2.22 bits per heavy atom. The normalized spacial score (nSPS) is 8.56. The molecule has 0 bridgehead atoms. The van der Waals surface area contributed by atoms with Gasteiger partial charge in [-0.25, -0.2) is 0 Å². The molecule has 0 amide bonds. The van der Waals surface area contributed by atoms with Crippen molar-refractivity contribution < 1.29 is 0 Å². The molecule has 0 heterocycles. The summed E-state index contributed by atoms with van der Waals surface area (Å²) in [5.41, 5.74) is 0. The van der Waals surface area contributed by atoms with Gasteiger partial charge in [-0.15, -0.1) is 13.1 Å². The van der Waals surface area contributed by atoms with E-state index in [1.807, 2.05) is 18.4 Å². The fraction of sp³-hybridized carbons (Fsp3) is 0.286. The molecule has 0 saturated heterocycles. The predicted octanol–water partition coefficient (Wildman–Crippen LogP) is 1.50. The van der Waals surface area contributed by atoms with E-state index in [0.717, 1.165) is 13.0 Å². The molecule has 0 aliphatic heterocycles. The van der Waals surface area contributed by atoms with Crippen LogP contribution in [0.2, 0.25) is 0 Å². The minimum absolute atomic E-state index is 0. The van der Waals surface area contributed by atoms with Gasteiger partial charge in [0.05, 0.1) is 0 Å². The Balaban J connectivity index is 0. The van der Waals surface area contributed by atoms with Gasteiger partial charge in [-0.05, 0) is 12.6 Å². The predicted molar refractivity (Wildman–Crippen MR) is 37.3 cm³/mol. The number of hydrogen-bond donors (Lipinski definition) is 1. The third-order valence-electron chi connectivity index (χ3n) is 0.683. The van der Waals surface area contributed by atoms with Crippen molar-refractivity contribution in [3.05, 3.63) is 31.9 Å². The third kappa shape index (κ3) is 10.7. The molecule has 1 N–H and O–H groups in total. The fourth-order valence-electron chi connectivity index (χ4n) is 0.331. The van der Waals surface area contributed by atoms with E-state index >= 15 is 0 Å². The van der Waals surface area contributed by atoms with Gasteiger partial charge >= 0.3 is 0 Å². The smallest absolute Gasteiger partial charge is 0 e. The van der Waals surface area contributed by atoms with Crippen LogP contribution >= 0.6 is 0 Å². The first-order valence-corrected chi connectivity index (χ1v) is 2.70. The Morgan fingerprint density at radius 3 is 2.67 bits per heavy atom. The van der Waals surface area contributed by atoms with E-state index in [4.69, 9.17) is 0 Å². The largest absolute Gasteiger partial charge is 0.421 e. The number of allylic oxidation sites excluding steroid dienone is 2. The quantitative estimate of drug-likeness (QED) is 0.579. The van der Waals surface area contributed by atoms with E-state index in [9.17, 15) is 0 Å². The van der Waals surface area contributed by atoms with Gasteiger partial charge in [-0.3, -0.25) is 0 Å². The van der Waals surface area contributed by atoms with Gasteiger partial charge in [0, 0.05) is 0 Å². The molecule has 0 radical (unpaired) electrons. The summed E-state index contributed by atoms with van der Waals surface area (Å²) < 4.78 is 0. The van der Waals surface area contributed by atoms with Crippen molar-refractivity contribution in [1.29, 1.82) is 0 Å². The Bertz CT molecular complexity index is 79.0. The summed E-state index contributed by atoms with van der Waals surface area (Å²) in [6.45, 7) is 7.90. The van der Waals surface area contributed by atoms with Crippen LogP contribution in [0.15, 0.2) is 24.9 Å². The minimum Gasteiger partial charge on any atom is -0.421 e. The van der Waals surface area contributed by atoms with E-state index in [-0.39, 0.29) is 0 Å². The zero-order valence-corrected chi connectivity index (χ0v) is 12.2. The van der Waals surface area contributed by atoms with Crippen LogP contribution in [-0.4, -0.2) is 6.54 Å². The van der Waals surface area contributed by atoms with Crippen molar-refractivity contribution in [3.8, 4) is 0 Å². The molecular formula is C7H12NRf-. The zero-order chi connectivity index (χ0) is 6.24. The first-order valence-electron chi connectivity index (χ1n) is 2.70. The molecule has 0 aromatic rings. The van der Waals surface area contributed by atoms with Crippen LogP contribution in [0, 0.1) is 6.92 Å². The molecule has 0 aliphatic carbocycles. The standard InChI is InChI=1S/C7H12N.Rf/c1-3-5-6-7-8-4-2;/h3,6-8H,1-2,4-5H2;/q-1;. The summed E-state index contributed by atoms with van der Waals surface area (Å²) in [5, 5.41) is 2.94. The molecule has 0 aromatic carbocycles. The van der Waals surface area contributed by atoms with Crippen molar-refractivity contribution >= 4 is 0 Å². The van der Waals surface area contributed by atoms with Gasteiger partial charge in [0.2, 0.25) is 0 Å². The van der Waals surface area contributed by atoms with E-state index in [1.165, 1.54) is 0 Å². The van der Waals surface area contributed by atoms with Crippen molar-refractivity contribution in [2.45, 2.75) is 6.42 Å². The van der Waals surface area contributed by atoms with E-state index < -0.39 is 0 Å². The van der Waals surface area contributed by atoms with Crippen LogP contribution in [0.3, 0.4) is 0 Å². The average molecular weight is 377 g/mol. The van der Waals surface area contributed by atoms with Gasteiger partial charge in [-0.2, -0.15) is 0 Å². The monoisotopic (exact) mass is 377 g/mol. The maximum atomic E-state index is 3.60. The molecule has 9 heavy (non-hydrogen) atoms. The summed E-state index contributed by atoms with van der Waals surface area (Å²) in [6, 6.07) is 0. The Morgan fingerprint density at radius 1 is 1.56 bits per heavy atom. The second-order valence-corrected chi connectivity index (χ2v) is 1.38. The summed E-state index contributed by atoms with van der Waals surface area (Å²) in [7, 11) is 0. The molecule has 0 saturated carbocycles. The van der Waals surface area contributed by atoms with Gasteiger partial charge in [0.1, 0.15) is 0 Å². The average Bonchev–Trinajstić information content (AvgIpc) is 1.81. The summed E-state index contributed by atoms with van der Waals surface area (Å²) in [6.07, 6.45) is 6.65. The minimum atomic E-state index is 0. The third-order valence-corrected chi connectivity index (χ3v) is 0.683. The van der Waals surface area contributed by atoms with Crippen molar-refractivity contribution in [2.24, 2.45) is 0 Å². The summed E-state index contributed by atoms with van der Waals surface area (Å²) in [4.78, 5) is 0. The topological polar surface area (TPSA) is 12.0 Å². The molecule has 0 aliphatic rings. The van der Waals surface area contributed by atoms with Gasteiger partial charge in [0.25, 0.3) is 0 Å². The molecular weight excluding hydrogens is 365 g/mol. The Kier molecular flexibility index (Phi) is 10.9. The molecule has 2 heteroatoms. The maximum Gasteiger partial charge on any atom is 0 e. The fourth-order valence-corrected chi connectivity index (χ4v) is 0.331. The molecule has 1 nitrogen and oxygen atoms in total. The summed E-state index contributed by atoms with van der Waals surface area (Å²) in [5.74, 6) is 0. The van der Waals surface area contributed by atoms with E-state index in [1.54, 1.807) is 0 Å². The van der Waals surface area contributed by atoms with Crippen LogP contribution in [0.25, 0.3) is 0 Å². The molecule has 0 atom stereocenters. The van der Waals surface area contributed by atoms with E-state index in [0.29, 0.717) is 0 Å². The van der Waals surface area contributed by atoms with Crippen LogP contribution in [-0.2, 0) is 0 Å². The number of hydrogen-bond acceptors (Lipinski definition) is 1. The zero-order valence-electron chi connectivity index (χ0n) is 5.77. The molecule has 0 unspecified atom stereocenters. The van der Waals surface area contributed by atoms with E-state index in [2.05, 4.69) is 18.8 Å².